The van der Waals surface area contributed by atoms with E-state index in [0.29, 0.717) is 12.1 Å². The monoisotopic (exact) mass is 391 g/mol. The van der Waals surface area contributed by atoms with Crippen molar-refractivity contribution in [2.75, 3.05) is 36.8 Å². The van der Waals surface area contributed by atoms with Gasteiger partial charge in [-0.3, -0.25) is 14.5 Å². The van der Waals surface area contributed by atoms with Gasteiger partial charge in [-0.25, -0.2) is 0 Å². The number of likely N-dealkylation sites (tertiary alicyclic amines) is 1. The summed E-state index contributed by atoms with van der Waals surface area (Å²) < 4.78 is 0. The first-order chi connectivity index (χ1) is 14.1. The molecule has 2 aromatic carbocycles. The molecule has 1 aliphatic heterocycles. The minimum absolute atomic E-state index is 0.0229. The van der Waals surface area contributed by atoms with Gasteiger partial charge in [-0.05, 0) is 49.2 Å². The molecular formula is C22H25N5O2. The van der Waals surface area contributed by atoms with Crippen LogP contribution in [0.2, 0.25) is 0 Å². The lowest BCUT2D eigenvalue weighted by Gasteiger charge is -2.31. The summed E-state index contributed by atoms with van der Waals surface area (Å²) in [4.78, 5) is 26.4. The molecule has 0 atom stereocenters. The topological polar surface area (TPSA) is 97.3 Å². The van der Waals surface area contributed by atoms with Gasteiger partial charge < -0.3 is 16.0 Å². The van der Waals surface area contributed by atoms with Crippen molar-refractivity contribution in [3.8, 4) is 6.07 Å². The first kappa shape index (κ1) is 20.4. The van der Waals surface area contributed by atoms with E-state index in [1.54, 1.807) is 24.3 Å². The fraction of sp³-hybridized carbons (Fsp3) is 0.318. The third-order valence-electron chi connectivity index (χ3n) is 4.84. The van der Waals surface area contributed by atoms with Crippen LogP contribution in [0.4, 0.5) is 11.4 Å². The summed E-state index contributed by atoms with van der Waals surface area (Å²) in [6.45, 7) is 2.09. The summed E-state index contributed by atoms with van der Waals surface area (Å²) in [6.07, 6.45) is 1.64. The third kappa shape index (κ3) is 6.63. The standard InChI is InChI=1S/C22H25N5O2/c23-14-17-6-8-18(9-7-17)24-15-21(28)25-20-10-12-27(13-11-20)16-22(29)26-19-4-2-1-3-5-19/h1-9,20,24H,10-13,15-16H2,(H,25,28)(H,26,29). The normalized spacial score (nSPS) is 14.6. The van der Waals surface area contributed by atoms with Crippen LogP contribution in [0, 0.1) is 11.3 Å². The van der Waals surface area contributed by atoms with Crippen LogP contribution in [0.15, 0.2) is 54.6 Å². The molecule has 1 heterocycles. The van der Waals surface area contributed by atoms with Gasteiger partial charge in [0.2, 0.25) is 11.8 Å². The quantitative estimate of drug-likeness (QED) is 0.672. The number of rotatable bonds is 7. The van der Waals surface area contributed by atoms with E-state index >= 15 is 0 Å². The molecule has 0 unspecified atom stereocenters. The number of hydrogen-bond donors (Lipinski definition) is 3. The first-order valence-electron chi connectivity index (χ1n) is 9.73. The van der Waals surface area contributed by atoms with Gasteiger partial charge in [0.05, 0.1) is 24.7 Å². The van der Waals surface area contributed by atoms with E-state index in [1.807, 2.05) is 30.3 Å². The Hall–Kier alpha value is -3.37. The number of carbonyl (C=O) groups is 2. The molecule has 2 amide bonds. The number of benzene rings is 2. The Labute approximate surface area is 170 Å². The Bertz CT molecular complexity index is 853. The van der Waals surface area contributed by atoms with E-state index in [1.165, 1.54) is 0 Å². The number of hydrogen-bond acceptors (Lipinski definition) is 5. The van der Waals surface area contributed by atoms with Gasteiger partial charge in [0.15, 0.2) is 0 Å². The Morgan fingerprint density at radius 2 is 1.66 bits per heavy atom. The molecule has 3 rings (SSSR count). The van der Waals surface area contributed by atoms with E-state index in [9.17, 15) is 9.59 Å². The molecule has 0 aromatic heterocycles. The first-order valence-corrected chi connectivity index (χ1v) is 9.73. The van der Waals surface area contributed by atoms with Crippen molar-refractivity contribution in [3.05, 3.63) is 60.2 Å². The predicted octanol–water partition coefficient (Wildman–Crippen LogP) is 2.19. The second kappa shape index (κ2) is 10.2. The number of carbonyl (C=O) groups excluding carboxylic acids is 2. The molecule has 1 fully saturated rings. The second-order valence-corrected chi connectivity index (χ2v) is 7.07. The maximum absolute atomic E-state index is 12.2. The van der Waals surface area contributed by atoms with Gasteiger partial charge in [-0.1, -0.05) is 18.2 Å². The van der Waals surface area contributed by atoms with Crippen molar-refractivity contribution in [1.82, 2.24) is 10.2 Å². The summed E-state index contributed by atoms with van der Waals surface area (Å²) >= 11 is 0. The highest BCUT2D eigenvalue weighted by Gasteiger charge is 2.22. The number of anilines is 2. The van der Waals surface area contributed by atoms with Crippen LogP contribution in [0.25, 0.3) is 0 Å². The van der Waals surface area contributed by atoms with Crippen LogP contribution in [-0.4, -0.2) is 48.9 Å². The molecule has 1 saturated heterocycles. The smallest absolute Gasteiger partial charge is 0.239 e. The minimum Gasteiger partial charge on any atom is -0.376 e. The molecule has 7 nitrogen and oxygen atoms in total. The number of para-hydroxylation sites is 1. The lowest BCUT2D eigenvalue weighted by atomic mass is 10.0. The molecular weight excluding hydrogens is 366 g/mol. The molecule has 2 aromatic rings. The summed E-state index contributed by atoms with van der Waals surface area (Å²) in [5.74, 6) is -0.0834. The fourth-order valence-electron chi connectivity index (χ4n) is 3.28. The molecule has 0 spiro atoms. The Morgan fingerprint density at radius 3 is 2.31 bits per heavy atom. The fourth-order valence-corrected chi connectivity index (χ4v) is 3.28. The summed E-state index contributed by atoms with van der Waals surface area (Å²) in [5.41, 5.74) is 2.19. The summed E-state index contributed by atoms with van der Waals surface area (Å²) in [7, 11) is 0. The average Bonchev–Trinajstić information content (AvgIpc) is 2.75. The van der Waals surface area contributed by atoms with E-state index in [0.717, 1.165) is 37.3 Å². The van der Waals surface area contributed by atoms with Crippen LogP contribution in [0.3, 0.4) is 0 Å². The summed E-state index contributed by atoms with van der Waals surface area (Å²) in [5, 5.41) is 17.8. The maximum Gasteiger partial charge on any atom is 0.239 e. The van der Waals surface area contributed by atoms with E-state index in [-0.39, 0.29) is 24.4 Å². The van der Waals surface area contributed by atoms with E-state index < -0.39 is 0 Å². The van der Waals surface area contributed by atoms with Crippen LogP contribution < -0.4 is 16.0 Å². The van der Waals surface area contributed by atoms with Crippen LogP contribution in [0.1, 0.15) is 18.4 Å². The molecule has 29 heavy (non-hydrogen) atoms. The number of nitrogens with zero attached hydrogens (tertiary/aromatic N) is 2. The van der Waals surface area contributed by atoms with Crippen molar-refractivity contribution in [3.63, 3.8) is 0 Å². The average molecular weight is 391 g/mol. The number of amides is 2. The zero-order valence-electron chi connectivity index (χ0n) is 16.2. The number of nitrogens with one attached hydrogen (secondary N) is 3. The maximum atomic E-state index is 12.2. The zero-order chi connectivity index (χ0) is 20.5. The SMILES string of the molecule is N#Cc1ccc(NCC(=O)NC2CCN(CC(=O)Nc3ccccc3)CC2)cc1. The molecule has 3 N–H and O–H groups in total. The lowest BCUT2D eigenvalue weighted by molar-refractivity contribution is -0.121. The molecule has 0 saturated carbocycles. The third-order valence-corrected chi connectivity index (χ3v) is 4.84. The van der Waals surface area contributed by atoms with Gasteiger partial charge in [0.1, 0.15) is 0 Å². The van der Waals surface area contributed by atoms with Crippen molar-refractivity contribution < 1.29 is 9.59 Å². The van der Waals surface area contributed by atoms with Gasteiger partial charge in [-0.2, -0.15) is 5.26 Å². The van der Waals surface area contributed by atoms with Crippen molar-refractivity contribution >= 4 is 23.2 Å². The van der Waals surface area contributed by atoms with E-state index in [4.69, 9.17) is 5.26 Å². The molecule has 0 bridgehead atoms. The number of piperidine rings is 1. The van der Waals surface area contributed by atoms with Gasteiger partial charge in [-0.15, -0.1) is 0 Å². The van der Waals surface area contributed by atoms with Gasteiger partial charge in [0, 0.05) is 30.5 Å². The highest BCUT2D eigenvalue weighted by atomic mass is 16.2. The summed E-state index contributed by atoms with van der Waals surface area (Å²) in [6, 6.07) is 18.6. The largest absolute Gasteiger partial charge is 0.376 e. The Kier molecular flexibility index (Phi) is 7.20. The van der Waals surface area contributed by atoms with Crippen molar-refractivity contribution in [1.29, 1.82) is 5.26 Å². The number of nitriles is 1. The molecule has 150 valence electrons. The van der Waals surface area contributed by atoms with Gasteiger partial charge >= 0.3 is 0 Å². The lowest BCUT2D eigenvalue weighted by Crippen LogP contribution is -2.47. The Morgan fingerprint density at radius 1 is 0.966 bits per heavy atom. The Balaban J connectivity index is 1.34. The molecule has 1 aliphatic rings. The highest BCUT2D eigenvalue weighted by Crippen LogP contribution is 2.12. The predicted molar refractivity (Wildman–Crippen MR) is 112 cm³/mol. The molecule has 0 aliphatic carbocycles. The second-order valence-electron chi connectivity index (χ2n) is 7.07. The van der Waals surface area contributed by atoms with E-state index in [2.05, 4.69) is 26.9 Å². The van der Waals surface area contributed by atoms with Crippen LogP contribution in [-0.2, 0) is 9.59 Å². The van der Waals surface area contributed by atoms with Gasteiger partial charge in [0.25, 0.3) is 0 Å². The highest BCUT2D eigenvalue weighted by molar-refractivity contribution is 5.92. The van der Waals surface area contributed by atoms with Crippen molar-refractivity contribution in [2.24, 2.45) is 0 Å². The molecule has 7 heteroatoms. The minimum atomic E-state index is -0.0605. The molecule has 0 radical (unpaired) electrons. The van der Waals surface area contributed by atoms with Crippen LogP contribution in [0.5, 0.6) is 0 Å². The van der Waals surface area contributed by atoms with Crippen molar-refractivity contribution in [2.45, 2.75) is 18.9 Å². The zero-order valence-corrected chi connectivity index (χ0v) is 16.2. The van der Waals surface area contributed by atoms with Crippen LogP contribution >= 0.6 is 0 Å².